The van der Waals surface area contributed by atoms with E-state index in [1.165, 1.54) is 0 Å². The SMILES string of the molecule is O=C(Nc1cccc2ccccc12)OC1COC2C(NC(=O)c3ccccc3)COC12. The van der Waals surface area contributed by atoms with Crippen LogP contribution in [-0.2, 0) is 14.2 Å². The number of fused-ring (bicyclic) bond motifs is 2. The molecule has 4 atom stereocenters. The number of hydrogen-bond donors (Lipinski definition) is 2. The summed E-state index contributed by atoms with van der Waals surface area (Å²) >= 11 is 0. The Hall–Kier alpha value is -3.42. The summed E-state index contributed by atoms with van der Waals surface area (Å²) in [5.41, 5.74) is 1.25. The molecule has 4 unspecified atom stereocenters. The lowest BCUT2D eigenvalue weighted by atomic mass is 10.1. The van der Waals surface area contributed by atoms with Gasteiger partial charge in [-0.1, -0.05) is 54.6 Å². The van der Waals surface area contributed by atoms with Gasteiger partial charge in [0.1, 0.15) is 12.2 Å². The van der Waals surface area contributed by atoms with Crippen LogP contribution in [0.5, 0.6) is 0 Å². The van der Waals surface area contributed by atoms with Crippen molar-refractivity contribution < 1.29 is 23.8 Å². The van der Waals surface area contributed by atoms with Crippen molar-refractivity contribution in [1.82, 2.24) is 5.32 Å². The average Bonchev–Trinajstić information content (AvgIpc) is 3.38. The van der Waals surface area contributed by atoms with Crippen LogP contribution in [0.3, 0.4) is 0 Å². The summed E-state index contributed by atoms with van der Waals surface area (Å²) in [6.45, 7) is 0.523. The number of rotatable bonds is 4. The molecule has 0 bridgehead atoms. The Labute approximate surface area is 179 Å². The molecule has 7 heteroatoms. The summed E-state index contributed by atoms with van der Waals surface area (Å²) < 4.78 is 17.2. The largest absolute Gasteiger partial charge is 0.441 e. The quantitative estimate of drug-likeness (QED) is 0.679. The van der Waals surface area contributed by atoms with Crippen molar-refractivity contribution in [3.05, 3.63) is 78.4 Å². The second-order valence-corrected chi connectivity index (χ2v) is 7.64. The fourth-order valence-electron chi connectivity index (χ4n) is 4.14. The maximum Gasteiger partial charge on any atom is 0.412 e. The fourth-order valence-corrected chi connectivity index (χ4v) is 4.14. The predicted octanol–water partition coefficient (Wildman–Crippen LogP) is 3.35. The molecule has 2 amide bonds. The Balaban J connectivity index is 1.20. The molecule has 2 N–H and O–H groups in total. The standard InChI is InChI=1S/C24H22N2O5/c27-23(16-8-2-1-3-9-16)25-19-13-29-22-20(14-30-21(19)22)31-24(28)26-18-12-6-10-15-7-4-5-11-17(15)18/h1-12,19-22H,13-14H2,(H,25,27)(H,26,28). The third-order valence-corrected chi connectivity index (χ3v) is 5.65. The van der Waals surface area contributed by atoms with Gasteiger partial charge in [0.25, 0.3) is 5.91 Å². The van der Waals surface area contributed by atoms with E-state index in [1.807, 2.05) is 60.7 Å². The highest BCUT2D eigenvalue weighted by molar-refractivity contribution is 6.00. The molecule has 7 nitrogen and oxygen atoms in total. The van der Waals surface area contributed by atoms with Crippen molar-refractivity contribution in [3.8, 4) is 0 Å². The van der Waals surface area contributed by atoms with Crippen LogP contribution >= 0.6 is 0 Å². The molecule has 0 saturated carbocycles. The van der Waals surface area contributed by atoms with Gasteiger partial charge in [0.15, 0.2) is 6.10 Å². The van der Waals surface area contributed by atoms with Gasteiger partial charge in [0, 0.05) is 10.9 Å². The molecule has 0 aliphatic carbocycles. The van der Waals surface area contributed by atoms with E-state index in [0.717, 1.165) is 10.8 Å². The average molecular weight is 418 g/mol. The maximum atomic E-state index is 12.5. The number of amides is 2. The number of carbonyl (C=O) groups excluding carboxylic acids is 2. The summed E-state index contributed by atoms with van der Waals surface area (Å²) in [5.74, 6) is -0.184. The van der Waals surface area contributed by atoms with E-state index in [-0.39, 0.29) is 24.7 Å². The Kier molecular flexibility index (Phi) is 5.28. The lowest BCUT2D eigenvalue weighted by Crippen LogP contribution is -2.44. The molecule has 3 aromatic carbocycles. The minimum absolute atomic E-state index is 0.184. The van der Waals surface area contributed by atoms with Gasteiger partial charge >= 0.3 is 6.09 Å². The first-order valence-electron chi connectivity index (χ1n) is 10.2. The van der Waals surface area contributed by atoms with Gasteiger partial charge in [-0.3, -0.25) is 10.1 Å². The van der Waals surface area contributed by atoms with Gasteiger partial charge < -0.3 is 19.5 Å². The van der Waals surface area contributed by atoms with Gasteiger partial charge in [0.05, 0.1) is 24.9 Å². The summed E-state index contributed by atoms with van der Waals surface area (Å²) in [4.78, 5) is 25.0. The number of nitrogens with one attached hydrogen (secondary N) is 2. The Morgan fingerprint density at radius 2 is 1.58 bits per heavy atom. The zero-order valence-corrected chi connectivity index (χ0v) is 16.7. The van der Waals surface area contributed by atoms with Crippen molar-refractivity contribution in [2.45, 2.75) is 24.4 Å². The lowest BCUT2D eigenvalue weighted by Gasteiger charge is -2.18. The molecule has 2 fully saturated rings. The van der Waals surface area contributed by atoms with Gasteiger partial charge in [-0.05, 0) is 23.6 Å². The minimum atomic E-state index is -0.564. The number of benzene rings is 3. The van der Waals surface area contributed by atoms with Crippen molar-refractivity contribution in [1.29, 1.82) is 0 Å². The molecule has 0 aromatic heterocycles. The summed E-state index contributed by atoms with van der Waals surface area (Å²) in [6.07, 6.45) is -1.88. The van der Waals surface area contributed by atoms with Gasteiger partial charge in [0.2, 0.25) is 0 Å². The lowest BCUT2D eigenvalue weighted by molar-refractivity contribution is 0.00862. The van der Waals surface area contributed by atoms with Crippen LogP contribution in [0.15, 0.2) is 72.8 Å². The summed E-state index contributed by atoms with van der Waals surface area (Å²) in [7, 11) is 0. The van der Waals surface area contributed by atoms with Crippen molar-refractivity contribution in [3.63, 3.8) is 0 Å². The third kappa shape index (κ3) is 3.97. The molecule has 2 heterocycles. The van der Waals surface area contributed by atoms with Crippen LogP contribution in [0, 0.1) is 0 Å². The Morgan fingerprint density at radius 1 is 0.839 bits per heavy atom. The van der Waals surface area contributed by atoms with E-state index in [4.69, 9.17) is 14.2 Å². The monoisotopic (exact) mass is 418 g/mol. The molecule has 0 radical (unpaired) electrons. The van der Waals surface area contributed by atoms with E-state index >= 15 is 0 Å². The molecule has 0 spiro atoms. The zero-order chi connectivity index (χ0) is 21.2. The normalized spacial score (nSPS) is 24.5. The molecule has 2 aliphatic rings. The smallest absolute Gasteiger partial charge is 0.412 e. The first-order valence-corrected chi connectivity index (χ1v) is 10.2. The molecule has 2 saturated heterocycles. The van der Waals surface area contributed by atoms with Crippen LogP contribution in [0.2, 0.25) is 0 Å². The first-order chi connectivity index (χ1) is 15.2. The number of ether oxygens (including phenoxy) is 3. The van der Waals surface area contributed by atoms with Crippen LogP contribution in [0.1, 0.15) is 10.4 Å². The molecular weight excluding hydrogens is 396 g/mol. The van der Waals surface area contributed by atoms with E-state index in [9.17, 15) is 9.59 Å². The summed E-state index contributed by atoms with van der Waals surface area (Å²) in [5, 5.41) is 7.73. The molecule has 2 aliphatic heterocycles. The van der Waals surface area contributed by atoms with Crippen molar-refractivity contribution in [2.75, 3.05) is 18.5 Å². The maximum absolute atomic E-state index is 12.5. The highest BCUT2D eigenvalue weighted by atomic mass is 16.6. The second-order valence-electron chi connectivity index (χ2n) is 7.64. The highest BCUT2D eigenvalue weighted by Crippen LogP contribution is 2.30. The van der Waals surface area contributed by atoms with Crippen LogP contribution in [0.25, 0.3) is 10.8 Å². The van der Waals surface area contributed by atoms with E-state index in [2.05, 4.69) is 10.6 Å². The Bertz CT molecular complexity index is 1100. The fraction of sp³-hybridized carbons (Fsp3) is 0.250. The van der Waals surface area contributed by atoms with Crippen molar-refractivity contribution >= 4 is 28.5 Å². The van der Waals surface area contributed by atoms with E-state index < -0.39 is 18.3 Å². The number of hydrogen-bond acceptors (Lipinski definition) is 5. The Morgan fingerprint density at radius 3 is 2.45 bits per heavy atom. The molecular formula is C24H22N2O5. The number of anilines is 1. The third-order valence-electron chi connectivity index (χ3n) is 5.65. The molecule has 158 valence electrons. The van der Waals surface area contributed by atoms with Crippen LogP contribution < -0.4 is 10.6 Å². The molecule has 5 rings (SSSR count). The van der Waals surface area contributed by atoms with Gasteiger partial charge in [-0.2, -0.15) is 0 Å². The van der Waals surface area contributed by atoms with Gasteiger partial charge in [-0.15, -0.1) is 0 Å². The molecule has 3 aromatic rings. The van der Waals surface area contributed by atoms with E-state index in [0.29, 0.717) is 17.9 Å². The minimum Gasteiger partial charge on any atom is -0.441 e. The van der Waals surface area contributed by atoms with Crippen LogP contribution in [0.4, 0.5) is 10.5 Å². The summed E-state index contributed by atoms with van der Waals surface area (Å²) in [6, 6.07) is 22.2. The van der Waals surface area contributed by atoms with Crippen LogP contribution in [-0.4, -0.2) is 49.6 Å². The zero-order valence-electron chi connectivity index (χ0n) is 16.7. The second kappa shape index (κ2) is 8.37. The predicted molar refractivity (Wildman–Crippen MR) is 115 cm³/mol. The van der Waals surface area contributed by atoms with Gasteiger partial charge in [-0.25, -0.2) is 4.79 Å². The highest BCUT2D eigenvalue weighted by Gasteiger charge is 2.50. The van der Waals surface area contributed by atoms with Crippen molar-refractivity contribution in [2.24, 2.45) is 0 Å². The molecule has 31 heavy (non-hydrogen) atoms. The number of carbonyl (C=O) groups is 2. The topological polar surface area (TPSA) is 85.9 Å². The first kappa shape index (κ1) is 19.5. The van der Waals surface area contributed by atoms with E-state index in [1.54, 1.807) is 12.1 Å².